The summed E-state index contributed by atoms with van der Waals surface area (Å²) in [6.45, 7) is 0.888. The van der Waals surface area contributed by atoms with Gasteiger partial charge in [-0.05, 0) is 18.2 Å². The van der Waals surface area contributed by atoms with Crippen molar-refractivity contribution >= 4 is 11.9 Å². The number of halogens is 1. The molecule has 138 valence electrons. The van der Waals surface area contributed by atoms with Gasteiger partial charge in [0.2, 0.25) is 11.4 Å². The summed E-state index contributed by atoms with van der Waals surface area (Å²) >= 11 is 0. The van der Waals surface area contributed by atoms with Crippen LogP contribution in [0, 0.1) is 10.1 Å². The van der Waals surface area contributed by atoms with Gasteiger partial charge in [-0.25, -0.2) is 9.78 Å². The molecule has 1 N–H and O–H groups in total. The second-order valence-corrected chi connectivity index (χ2v) is 4.86. The fraction of sp³-hybridized carbons (Fsp3) is 0.188. The number of rotatable bonds is 7. The number of aromatic nitrogens is 1. The molecule has 1 heterocycles. The van der Waals surface area contributed by atoms with E-state index in [1.54, 1.807) is 30.3 Å². The van der Waals surface area contributed by atoms with Crippen LogP contribution in [0.2, 0.25) is 0 Å². The molecule has 26 heavy (non-hydrogen) atoms. The number of esters is 2. The van der Waals surface area contributed by atoms with Crippen LogP contribution in [-0.4, -0.2) is 17.0 Å². The van der Waals surface area contributed by atoms with Gasteiger partial charge in [0.1, 0.15) is 11.3 Å². The molecule has 0 bridgehead atoms. The summed E-state index contributed by atoms with van der Waals surface area (Å²) in [6, 6.07) is 11.1. The molecule has 0 saturated heterocycles. The SMILES string of the molecule is CC(=O)Oc1ccccc1C(=O)OCc1cccc(CO[N+](=O)[O-])[nH+]1.[Cl-]. The van der Waals surface area contributed by atoms with E-state index in [2.05, 4.69) is 9.82 Å². The number of para-hydroxylation sites is 1. The van der Waals surface area contributed by atoms with E-state index in [1.165, 1.54) is 19.1 Å². The van der Waals surface area contributed by atoms with Crippen molar-refractivity contribution in [2.75, 3.05) is 0 Å². The van der Waals surface area contributed by atoms with Crippen molar-refractivity contribution in [2.24, 2.45) is 0 Å². The first-order chi connectivity index (χ1) is 12.0. The third-order valence-electron chi connectivity index (χ3n) is 2.96. The third-order valence-corrected chi connectivity index (χ3v) is 2.96. The van der Waals surface area contributed by atoms with Gasteiger partial charge in [-0.3, -0.25) is 4.79 Å². The third kappa shape index (κ3) is 6.36. The van der Waals surface area contributed by atoms with Gasteiger partial charge in [-0.2, -0.15) is 0 Å². The largest absolute Gasteiger partial charge is 1.00 e. The maximum absolute atomic E-state index is 12.2. The van der Waals surface area contributed by atoms with Crippen molar-refractivity contribution in [1.82, 2.24) is 0 Å². The van der Waals surface area contributed by atoms with E-state index in [-0.39, 0.29) is 36.9 Å². The first-order valence-electron chi connectivity index (χ1n) is 7.17. The van der Waals surface area contributed by atoms with Crippen LogP contribution >= 0.6 is 0 Å². The normalized spacial score (nSPS) is 9.58. The minimum Gasteiger partial charge on any atom is -1.00 e. The first kappa shape index (κ1) is 20.8. The zero-order chi connectivity index (χ0) is 18.2. The minimum absolute atomic E-state index is 0. The number of benzene rings is 1. The molecule has 0 fully saturated rings. The molecule has 0 radical (unpaired) electrons. The van der Waals surface area contributed by atoms with Crippen LogP contribution in [0.4, 0.5) is 0 Å². The van der Waals surface area contributed by atoms with Crippen molar-refractivity contribution in [3.63, 3.8) is 0 Å². The van der Waals surface area contributed by atoms with Gasteiger partial charge in [0.05, 0.1) is 0 Å². The maximum Gasteiger partial charge on any atom is 0.342 e. The van der Waals surface area contributed by atoms with E-state index in [0.717, 1.165) is 0 Å². The quantitative estimate of drug-likeness (QED) is 0.247. The Kier molecular flexibility index (Phi) is 7.97. The molecule has 9 nitrogen and oxygen atoms in total. The molecular formula is C16H15ClN2O7. The first-order valence-corrected chi connectivity index (χ1v) is 7.17. The van der Waals surface area contributed by atoms with Gasteiger partial charge in [-0.1, -0.05) is 12.1 Å². The lowest BCUT2D eigenvalue weighted by Gasteiger charge is -2.08. The van der Waals surface area contributed by atoms with Crippen LogP contribution in [0.1, 0.15) is 28.7 Å². The van der Waals surface area contributed by atoms with Crippen molar-refractivity contribution < 1.29 is 46.4 Å². The molecular weight excluding hydrogens is 368 g/mol. The van der Waals surface area contributed by atoms with Gasteiger partial charge in [0.15, 0.2) is 13.2 Å². The molecule has 10 heteroatoms. The fourth-order valence-corrected chi connectivity index (χ4v) is 1.96. The summed E-state index contributed by atoms with van der Waals surface area (Å²) in [5.74, 6) is -1.11. The van der Waals surface area contributed by atoms with Crippen LogP contribution in [0.5, 0.6) is 5.75 Å². The van der Waals surface area contributed by atoms with Crippen molar-refractivity contribution in [1.29, 1.82) is 0 Å². The molecule has 2 rings (SSSR count). The Balaban J connectivity index is 0.00000338. The Morgan fingerprint density at radius 3 is 2.38 bits per heavy atom. The number of aromatic amines is 1. The number of nitrogens with zero attached hydrogens (tertiary/aromatic N) is 1. The Bertz CT molecular complexity index is 798. The van der Waals surface area contributed by atoms with Gasteiger partial charge >= 0.3 is 11.9 Å². The molecule has 1 aromatic heterocycles. The number of ether oxygens (including phenoxy) is 2. The summed E-state index contributed by atoms with van der Waals surface area (Å²) in [5.41, 5.74) is 1.08. The lowest BCUT2D eigenvalue weighted by atomic mass is 10.2. The summed E-state index contributed by atoms with van der Waals surface area (Å²) in [4.78, 5) is 40.6. The molecule has 0 atom stereocenters. The summed E-state index contributed by atoms with van der Waals surface area (Å²) in [7, 11) is 0. The number of hydrogen-bond acceptors (Lipinski definition) is 7. The molecule has 0 aliphatic carbocycles. The number of H-pyrrole nitrogens is 1. The lowest BCUT2D eigenvalue weighted by molar-refractivity contribution is -0.765. The van der Waals surface area contributed by atoms with Crippen LogP contribution < -0.4 is 22.1 Å². The number of hydrogen-bond donors (Lipinski definition) is 0. The predicted molar refractivity (Wildman–Crippen MR) is 81.7 cm³/mol. The topological polar surface area (TPSA) is 119 Å². The average Bonchev–Trinajstić information content (AvgIpc) is 2.58. The molecule has 2 aromatic rings. The fourth-order valence-electron chi connectivity index (χ4n) is 1.96. The van der Waals surface area contributed by atoms with Gasteiger partial charge < -0.3 is 26.7 Å². The van der Waals surface area contributed by atoms with Gasteiger partial charge in [0, 0.05) is 19.1 Å². The van der Waals surface area contributed by atoms with E-state index < -0.39 is 17.0 Å². The Morgan fingerprint density at radius 1 is 1.08 bits per heavy atom. The number of pyridine rings is 1. The highest BCUT2D eigenvalue weighted by atomic mass is 35.5. The zero-order valence-electron chi connectivity index (χ0n) is 13.6. The van der Waals surface area contributed by atoms with Crippen LogP contribution in [0.25, 0.3) is 0 Å². The smallest absolute Gasteiger partial charge is 0.342 e. The maximum atomic E-state index is 12.2. The van der Waals surface area contributed by atoms with Crippen molar-refractivity contribution in [3.8, 4) is 5.75 Å². The molecule has 0 aliphatic rings. The Morgan fingerprint density at radius 2 is 1.73 bits per heavy atom. The predicted octanol–water partition coefficient (Wildman–Crippen LogP) is -1.50. The Labute approximate surface area is 154 Å². The van der Waals surface area contributed by atoms with Gasteiger partial charge in [-0.15, -0.1) is 10.1 Å². The summed E-state index contributed by atoms with van der Waals surface area (Å²) in [6.07, 6.45) is 0. The number of carbonyl (C=O) groups is 2. The van der Waals surface area contributed by atoms with E-state index in [0.29, 0.717) is 11.4 Å². The molecule has 0 saturated carbocycles. The van der Waals surface area contributed by atoms with Crippen molar-refractivity contribution in [2.45, 2.75) is 20.1 Å². The summed E-state index contributed by atoms with van der Waals surface area (Å²) < 4.78 is 10.1. The van der Waals surface area contributed by atoms with Crippen LogP contribution in [0.3, 0.4) is 0 Å². The van der Waals surface area contributed by atoms with E-state index in [9.17, 15) is 19.7 Å². The minimum atomic E-state index is -0.896. The standard InChI is InChI=1S/C16H14N2O7.ClH/c1-11(19)25-15-8-3-2-7-14(15)16(20)23-9-12-5-4-6-13(17-12)10-24-18(21)22;/h2-8H,9-10H2,1H3;1H. The Hall–Kier alpha value is -3.20. The van der Waals surface area contributed by atoms with Crippen LogP contribution in [-0.2, 0) is 27.6 Å². The average molecular weight is 383 g/mol. The lowest BCUT2D eigenvalue weighted by Crippen LogP contribution is -3.00. The van der Waals surface area contributed by atoms with Gasteiger partial charge in [0.25, 0.3) is 5.09 Å². The molecule has 0 spiro atoms. The highest BCUT2D eigenvalue weighted by Gasteiger charge is 2.16. The highest BCUT2D eigenvalue weighted by molar-refractivity contribution is 5.93. The van der Waals surface area contributed by atoms with Crippen LogP contribution in [0.15, 0.2) is 42.5 Å². The molecule has 1 aromatic carbocycles. The summed E-state index contributed by atoms with van der Waals surface area (Å²) in [5, 5.41) is 9.31. The molecule has 0 amide bonds. The number of nitrogens with one attached hydrogen (secondary N) is 1. The second-order valence-electron chi connectivity index (χ2n) is 4.86. The zero-order valence-corrected chi connectivity index (χ0v) is 14.4. The molecule has 0 aliphatic heterocycles. The highest BCUT2D eigenvalue weighted by Crippen LogP contribution is 2.19. The second kappa shape index (κ2) is 9.94. The molecule has 0 unspecified atom stereocenters. The number of carbonyl (C=O) groups excluding carboxylic acids is 2. The monoisotopic (exact) mass is 382 g/mol. The van der Waals surface area contributed by atoms with E-state index in [1.807, 2.05) is 0 Å². The van der Waals surface area contributed by atoms with Crippen molar-refractivity contribution in [3.05, 3.63) is 69.5 Å². The van der Waals surface area contributed by atoms with E-state index >= 15 is 0 Å². The van der Waals surface area contributed by atoms with E-state index in [4.69, 9.17) is 9.47 Å².